The minimum absolute atomic E-state index is 0.0863. The van der Waals surface area contributed by atoms with Crippen molar-refractivity contribution in [3.05, 3.63) is 41.3 Å². The van der Waals surface area contributed by atoms with Crippen molar-refractivity contribution in [3.8, 4) is 17.1 Å². The van der Waals surface area contributed by atoms with Gasteiger partial charge >= 0.3 is 6.09 Å². The van der Waals surface area contributed by atoms with Gasteiger partial charge in [-0.2, -0.15) is 0 Å². The minimum Gasteiger partial charge on any atom is -0.485 e. The topological polar surface area (TPSA) is 108 Å². The third-order valence-corrected chi connectivity index (χ3v) is 5.13. The van der Waals surface area contributed by atoms with E-state index >= 15 is 0 Å². The highest BCUT2D eigenvalue weighted by Crippen LogP contribution is 2.33. The number of piperidine rings is 1. The molecule has 1 saturated heterocycles. The first-order valence-corrected chi connectivity index (χ1v) is 10.1. The lowest BCUT2D eigenvalue weighted by molar-refractivity contribution is 0.0906. The van der Waals surface area contributed by atoms with Crippen LogP contribution in [0.4, 0.5) is 4.79 Å². The van der Waals surface area contributed by atoms with Gasteiger partial charge in [-0.3, -0.25) is 0 Å². The molecule has 1 aromatic carbocycles. The Hall–Kier alpha value is -3.14. The van der Waals surface area contributed by atoms with Crippen LogP contribution in [0.1, 0.15) is 31.6 Å². The van der Waals surface area contributed by atoms with Crippen molar-refractivity contribution in [2.75, 3.05) is 19.7 Å². The Morgan fingerprint density at radius 1 is 1.30 bits per heavy atom. The number of tetrazole rings is 1. The van der Waals surface area contributed by atoms with Crippen molar-refractivity contribution < 1.29 is 18.8 Å². The van der Waals surface area contributed by atoms with Crippen molar-refractivity contribution in [3.63, 3.8) is 0 Å². The Kier molecular flexibility index (Phi) is 6.12. The maximum absolute atomic E-state index is 11.9. The van der Waals surface area contributed by atoms with Crippen LogP contribution in [0.2, 0.25) is 5.02 Å². The highest BCUT2D eigenvalue weighted by Gasteiger charge is 2.27. The smallest absolute Gasteiger partial charge is 0.409 e. The van der Waals surface area contributed by atoms with Gasteiger partial charge in [-0.05, 0) is 48.4 Å². The number of ether oxygens (including phenoxy) is 2. The van der Waals surface area contributed by atoms with E-state index in [0.717, 1.165) is 12.8 Å². The van der Waals surface area contributed by atoms with Crippen LogP contribution in [0.5, 0.6) is 5.75 Å². The summed E-state index contributed by atoms with van der Waals surface area (Å²) in [5.74, 6) is 1.74. The van der Waals surface area contributed by atoms with Crippen molar-refractivity contribution in [2.45, 2.75) is 32.4 Å². The number of hydrogen-bond acceptors (Lipinski definition) is 8. The number of hydrogen-bond donors (Lipinski definition) is 0. The summed E-state index contributed by atoms with van der Waals surface area (Å²) in [6.45, 7) is 3.53. The summed E-state index contributed by atoms with van der Waals surface area (Å²) >= 11 is 6.12. The van der Waals surface area contributed by atoms with E-state index in [2.05, 4.69) is 20.7 Å². The lowest BCUT2D eigenvalue weighted by Gasteiger charge is -2.31. The Labute approximate surface area is 177 Å². The van der Waals surface area contributed by atoms with E-state index in [1.54, 1.807) is 47.0 Å². The second kappa shape index (κ2) is 9.12. The fourth-order valence-electron chi connectivity index (χ4n) is 3.42. The first-order valence-electron chi connectivity index (χ1n) is 9.67. The zero-order valence-corrected chi connectivity index (χ0v) is 17.2. The monoisotopic (exact) mass is 432 g/mol. The predicted octanol–water partition coefficient (Wildman–Crippen LogP) is 3.35. The molecule has 11 heteroatoms. The molecule has 0 N–H and O–H groups in total. The summed E-state index contributed by atoms with van der Waals surface area (Å²) in [6, 6.07) is 7.09. The maximum Gasteiger partial charge on any atom is 0.409 e. The second-order valence-corrected chi connectivity index (χ2v) is 7.20. The number of carbonyl (C=O) groups excluding carboxylic acids is 1. The molecule has 158 valence electrons. The van der Waals surface area contributed by atoms with E-state index in [9.17, 15) is 4.79 Å². The van der Waals surface area contributed by atoms with Crippen LogP contribution >= 0.6 is 11.6 Å². The van der Waals surface area contributed by atoms with E-state index in [1.807, 2.05) is 0 Å². The lowest BCUT2D eigenvalue weighted by Crippen LogP contribution is -2.39. The van der Waals surface area contributed by atoms with Gasteiger partial charge in [-0.1, -0.05) is 16.8 Å². The van der Waals surface area contributed by atoms with Crippen LogP contribution in [0.15, 0.2) is 35.0 Å². The molecule has 0 radical (unpaired) electrons. The summed E-state index contributed by atoms with van der Waals surface area (Å²) in [5.41, 5.74) is 0.696. The quantitative estimate of drug-likeness (QED) is 0.583. The zero-order chi connectivity index (χ0) is 20.9. The Morgan fingerprint density at radius 2 is 2.13 bits per heavy atom. The molecule has 0 atom stereocenters. The minimum atomic E-state index is -0.279. The summed E-state index contributed by atoms with van der Waals surface area (Å²) in [6.07, 6.45) is 2.75. The van der Waals surface area contributed by atoms with Crippen molar-refractivity contribution in [1.29, 1.82) is 0 Å². The standard InChI is InChI=1S/C19H21ClN6O4/c1-2-28-19(27)25-9-6-14(7-10-25)26-18(22-23-24-26)12-29-16-4-3-13(20)11-15(16)17-5-8-21-30-17/h3-5,8,11,14H,2,6-7,9-10,12H2,1H3. The Balaban J connectivity index is 1.43. The number of likely N-dealkylation sites (tertiary alicyclic amines) is 1. The number of carbonyl (C=O) groups is 1. The van der Waals surface area contributed by atoms with Crippen LogP contribution in [0, 0.1) is 0 Å². The molecule has 2 aromatic heterocycles. The molecule has 3 heterocycles. The molecule has 3 aromatic rings. The van der Waals surface area contributed by atoms with Crippen molar-refractivity contribution in [2.24, 2.45) is 0 Å². The van der Waals surface area contributed by atoms with E-state index in [1.165, 1.54) is 0 Å². The van der Waals surface area contributed by atoms with E-state index in [0.29, 0.717) is 47.6 Å². The van der Waals surface area contributed by atoms with Crippen molar-refractivity contribution >= 4 is 17.7 Å². The molecule has 30 heavy (non-hydrogen) atoms. The third kappa shape index (κ3) is 4.38. The molecule has 0 saturated carbocycles. The van der Waals surface area contributed by atoms with Gasteiger partial charge in [0.25, 0.3) is 0 Å². The SMILES string of the molecule is CCOC(=O)N1CCC(n2nnnc2COc2ccc(Cl)cc2-c2ccno2)CC1. The number of halogens is 1. The molecule has 0 bridgehead atoms. The fraction of sp³-hybridized carbons (Fsp3) is 0.421. The highest BCUT2D eigenvalue weighted by atomic mass is 35.5. The first kappa shape index (κ1) is 20.1. The summed E-state index contributed by atoms with van der Waals surface area (Å²) in [7, 11) is 0. The summed E-state index contributed by atoms with van der Waals surface area (Å²) in [5, 5.41) is 16.4. The second-order valence-electron chi connectivity index (χ2n) is 6.76. The van der Waals surface area contributed by atoms with Crippen LogP contribution in [-0.2, 0) is 11.3 Å². The predicted molar refractivity (Wildman–Crippen MR) is 106 cm³/mol. The molecular weight excluding hydrogens is 412 g/mol. The Bertz CT molecular complexity index is 985. The summed E-state index contributed by atoms with van der Waals surface area (Å²) < 4.78 is 18.1. The largest absolute Gasteiger partial charge is 0.485 e. The van der Waals surface area contributed by atoms with Crippen LogP contribution in [-0.4, -0.2) is 56.1 Å². The van der Waals surface area contributed by atoms with Gasteiger partial charge in [0.05, 0.1) is 24.4 Å². The van der Waals surface area contributed by atoms with Gasteiger partial charge in [-0.15, -0.1) is 5.10 Å². The molecule has 0 unspecified atom stereocenters. The van der Waals surface area contributed by atoms with Crippen LogP contribution < -0.4 is 4.74 Å². The molecular formula is C19H21ClN6O4. The average molecular weight is 433 g/mol. The maximum atomic E-state index is 11.9. The van der Waals surface area contributed by atoms with Gasteiger partial charge in [0.15, 0.2) is 11.6 Å². The molecule has 0 spiro atoms. The fourth-order valence-corrected chi connectivity index (χ4v) is 3.59. The van der Waals surface area contributed by atoms with Gasteiger partial charge in [0, 0.05) is 24.2 Å². The third-order valence-electron chi connectivity index (χ3n) is 4.90. The number of rotatable bonds is 6. The van der Waals surface area contributed by atoms with Gasteiger partial charge in [0.1, 0.15) is 12.4 Å². The average Bonchev–Trinajstić information content (AvgIpc) is 3.45. The number of benzene rings is 1. The van der Waals surface area contributed by atoms with Crippen LogP contribution in [0.3, 0.4) is 0 Å². The highest BCUT2D eigenvalue weighted by molar-refractivity contribution is 6.30. The number of nitrogens with zero attached hydrogens (tertiary/aromatic N) is 6. The van der Waals surface area contributed by atoms with Crippen LogP contribution in [0.25, 0.3) is 11.3 Å². The normalized spacial score (nSPS) is 14.7. The van der Waals surface area contributed by atoms with E-state index in [-0.39, 0.29) is 18.7 Å². The number of aromatic nitrogens is 5. The molecule has 4 rings (SSSR count). The molecule has 1 aliphatic rings. The molecule has 1 amide bonds. The molecule has 1 fully saturated rings. The van der Waals surface area contributed by atoms with Crippen molar-refractivity contribution in [1.82, 2.24) is 30.3 Å². The van der Waals surface area contributed by atoms with E-state index < -0.39 is 0 Å². The summed E-state index contributed by atoms with van der Waals surface area (Å²) in [4.78, 5) is 13.6. The van der Waals surface area contributed by atoms with Gasteiger partial charge in [-0.25, -0.2) is 9.48 Å². The molecule has 0 aliphatic carbocycles. The van der Waals surface area contributed by atoms with Gasteiger partial charge in [0.2, 0.25) is 0 Å². The zero-order valence-electron chi connectivity index (χ0n) is 16.4. The van der Waals surface area contributed by atoms with E-state index in [4.69, 9.17) is 25.6 Å². The first-order chi connectivity index (χ1) is 14.7. The molecule has 10 nitrogen and oxygen atoms in total. The molecule has 1 aliphatic heterocycles. The van der Waals surface area contributed by atoms with Gasteiger partial charge < -0.3 is 18.9 Å². The number of amides is 1. The lowest BCUT2D eigenvalue weighted by atomic mass is 10.1. The Morgan fingerprint density at radius 3 is 2.87 bits per heavy atom.